The summed E-state index contributed by atoms with van der Waals surface area (Å²) < 4.78 is 25.3. The summed E-state index contributed by atoms with van der Waals surface area (Å²) in [6.07, 6.45) is 2.68. The van der Waals surface area contributed by atoms with Crippen LogP contribution in [0.2, 0.25) is 0 Å². The topological polar surface area (TPSA) is 113 Å². The van der Waals surface area contributed by atoms with Gasteiger partial charge in [0.1, 0.15) is 11.4 Å². The number of H-pyrrole nitrogens is 1. The number of amides is 3. The standard InChI is InChI=1S/C32H29FN4O5/c1-41-25-10-7-17(13-26(25)42-2)11-12-37-29(38)27-24(14-18-16-34-22-6-4-3-5-20(18)22)36-32(28(27)30(37)39)21-15-19(33)8-9-23(21)35-31(32)40/h3-10,13,15-16,24,27-28,34,36H,11-12,14H2,1-2H3,(H,35,40)/t24-,27+,28+,32+/m0/s1. The average molecular weight is 569 g/mol. The fourth-order valence-electron chi connectivity index (χ4n) is 7.04. The Hall–Kier alpha value is -4.70. The highest BCUT2D eigenvalue weighted by Gasteiger charge is 2.70. The molecule has 10 heteroatoms. The number of likely N-dealkylation sites (tertiary alicyclic amines) is 1. The van der Waals surface area contributed by atoms with Gasteiger partial charge in [0.05, 0.1) is 26.1 Å². The van der Waals surface area contributed by atoms with E-state index in [0.29, 0.717) is 35.6 Å². The van der Waals surface area contributed by atoms with Gasteiger partial charge in [0, 0.05) is 40.9 Å². The summed E-state index contributed by atoms with van der Waals surface area (Å²) in [6, 6.07) is 16.8. The van der Waals surface area contributed by atoms with E-state index in [2.05, 4.69) is 15.6 Å². The van der Waals surface area contributed by atoms with Crippen molar-refractivity contribution in [3.8, 4) is 11.5 Å². The lowest BCUT2D eigenvalue weighted by Crippen LogP contribution is -2.53. The average Bonchev–Trinajstić information content (AvgIpc) is 3.71. The number of carbonyl (C=O) groups excluding carboxylic acids is 3. The van der Waals surface area contributed by atoms with Gasteiger partial charge in [-0.05, 0) is 60.4 Å². The van der Waals surface area contributed by atoms with Crippen LogP contribution in [0.5, 0.6) is 11.5 Å². The number of carbonyl (C=O) groups is 3. The minimum absolute atomic E-state index is 0.133. The van der Waals surface area contributed by atoms with Crippen molar-refractivity contribution in [3.63, 3.8) is 0 Å². The maximum Gasteiger partial charge on any atom is 0.250 e. The molecule has 4 atom stereocenters. The van der Waals surface area contributed by atoms with Crippen molar-refractivity contribution < 1.29 is 28.2 Å². The Balaban J connectivity index is 1.26. The number of aromatic nitrogens is 1. The molecule has 2 fully saturated rings. The normalized spacial score (nSPS) is 24.4. The molecular formula is C32H29FN4O5. The van der Waals surface area contributed by atoms with Gasteiger partial charge in [-0.3, -0.25) is 24.6 Å². The van der Waals surface area contributed by atoms with Crippen molar-refractivity contribution in [3.05, 3.63) is 89.4 Å². The monoisotopic (exact) mass is 568 g/mol. The Labute approximate surface area is 241 Å². The first-order valence-electron chi connectivity index (χ1n) is 13.9. The number of para-hydroxylation sites is 1. The predicted molar refractivity (Wildman–Crippen MR) is 153 cm³/mol. The number of nitrogens with zero attached hydrogens (tertiary/aromatic N) is 1. The van der Waals surface area contributed by atoms with E-state index < -0.39 is 41.0 Å². The van der Waals surface area contributed by atoms with Crippen molar-refractivity contribution in [1.82, 2.24) is 15.2 Å². The lowest BCUT2D eigenvalue weighted by atomic mass is 9.76. The van der Waals surface area contributed by atoms with E-state index in [1.54, 1.807) is 20.3 Å². The molecule has 9 nitrogen and oxygen atoms in total. The van der Waals surface area contributed by atoms with E-state index in [9.17, 15) is 18.8 Å². The maximum absolute atomic E-state index is 14.6. The van der Waals surface area contributed by atoms with Gasteiger partial charge in [0.25, 0.3) is 0 Å². The van der Waals surface area contributed by atoms with Crippen LogP contribution in [0.15, 0.2) is 66.9 Å². The molecule has 4 heterocycles. The second-order valence-electron chi connectivity index (χ2n) is 11.0. The number of nitrogens with one attached hydrogen (secondary N) is 3. The largest absolute Gasteiger partial charge is 0.493 e. The Morgan fingerprint density at radius 2 is 1.76 bits per heavy atom. The Bertz CT molecular complexity index is 1770. The van der Waals surface area contributed by atoms with Gasteiger partial charge < -0.3 is 19.8 Å². The van der Waals surface area contributed by atoms with Crippen molar-refractivity contribution in [1.29, 1.82) is 0 Å². The molecule has 0 aliphatic carbocycles. The fraction of sp³-hybridized carbons (Fsp3) is 0.281. The first kappa shape index (κ1) is 26.2. The first-order chi connectivity index (χ1) is 20.3. The number of methoxy groups -OCH3 is 2. The Morgan fingerprint density at radius 1 is 0.952 bits per heavy atom. The van der Waals surface area contributed by atoms with Crippen LogP contribution in [0.1, 0.15) is 16.7 Å². The molecule has 4 aromatic rings. The van der Waals surface area contributed by atoms with E-state index >= 15 is 0 Å². The minimum Gasteiger partial charge on any atom is -0.493 e. The second-order valence-corrected chi connectivity index (χ2v) is 11.0. The lowest BCUT2D eigenvalue weighted by molar-refractivity contribution is -0.142. The smallest absolute Gasteiger partial charge is 0.250 e. The molecule has 0 saturated carbocycles. The molecule has 1 aromatic heterocycles. The third-order valence-corrected chi connectivity index (χ3v) is 8.96. The number of benzene rings is 3. The molecule has 0 unspecified atom stereocenters. The summed E-state index contributed by atoms with van der Waals surface area (Å²) >= 11 is 0. The van der Waals surface area contributed by atoms with Gasteiger partial charge in [-0.25, -0.2) is 4.39 Å². The minimum atomic E-state index is -1.57. The first-order valence-corrected chi connectivity index (χ1v) is 13.9. The number of fused-ring (bicyclic) bond motifs is 5. The van der Waals surface area contributed by atoms with Gasteiger partial charge in [-0.1, -0.05) is 24.3 Å². The van der Waals surface area contributed by atoms with E-state index in [1.807, 2.05) is 42.6 Å². The van der Waals surface area contributed by atoms with Crippen molar-refractivity contribution in [2.75, 3.05) is 26.1 Å². The molecule has 7 rings (SSSR count). The molecule has 3 amide bonds. The molecule has 0 bridgehead atoms. The zero-order valence-electron chi connectivity index (χ0n) is 23.1. The summed E-state index contributed by atoms with van der Waals surface area (Å²) in [6.45, 7) is 0.133. The number of halogens is 1. The highest BCUT2D eigenvalue weighted by molar-refractivity contribution is 6.15. The number of hydrogen-bond acceptors (Lipinski definition) is 6. The van der Waals surface area contributed by atoms with Gasteiger partial charge in [0.15, 0.2) is 11.5 Å². The number of anilines is 1. The third kappa shape index (κ3) is 3.75. The van der Waals surface area contributed by atoms with Crippen LogP contribution < -0.4 is 20.1 Å². The summed E-state index contributed by atoms with van der Waals surface area (Å²) in [5.41, 5.74) is 1.99. The molecular weight excluding hydrogens is 539 g/mol. The molecule has 0 radical (unpaired) electrons. The Morgan fingerprint density at radius 3 is 2.57 bits per heavy atom. The molecule has 214 valence electrons. The van der Waals surface area contributed by atoms with Crippen LogP contribution in [0, 0.1) is 17.7 Å². The quantitative estimate of drug-likeness (QED) is 0.294. The van der Waals surface area contributed by atoms with Crippen molar-refractivity contribution in [2.24, 2.45) is 11.8 Å². The predicted octanol–water partition coefficient (Wildman–Crippen LogP) is 3.53. The summed E-state index contributed by atoms with van der Waals surface area (Å²) in [7, 11) is 3.10. The van der Waals surface area contributed by atoms with E-state index in [1.165, 1.54) is 23.1 Å². The lowest BCUT2D eigenvalue weighted by Gasteiger charge is -2.29. The van der Waals surface area contributed by atoms with Crippen LogP contribution >= 0.6 is 0 Å². The molecule has 1 spiro atoms. The van der Waals surface area contributed by atoms with Gasteiger partial charge in [-0.15, -0.1) is 0 Å². The third-order valence-electron chi connectivity index (χ3n) is 8.96. The van der Waals surface area contributed by atoms with Crippen molar-refractivity contribution in [2.45, 2.75) is 24.4 Å². The molecule has 42 heavy (non-hydrogen) atoms. The van der Waals surface area contributed by atoms with Gasteiger partial charge in [0.2, 0.25) is 17.7 Å². The van der Waals surface area contributed by atoms with E-state index in [4.69, 9.17) is 9.47 Å². The molecule has 3 aromatic carbocycles. The van der Waals surface area contributed by atoms with E-state index in [0.717, 1.165) is 22.0 Å². The summed E-state index contributed by atoms with van der Waals surface area (Å²) in [5.74, 6) is -2.45. The molecule has 3 N–H and O–H groups in total. The van der Waals surface area contributed by atoms with Crippen LogP contribution in [-0.2, 0) is 32.8 Å². The number of ether oxygens (including phenoxy) is 2. The number of rotatable bonds is 7. The highest BCUT2D eigenvalue weighted by atomic mass is 19.1. The maximum atomic E-state index is 14.6. The van der Waals surface area contributed by atoms with Gasteiger partial charge >= 0.3 is 0 Å². The number of hydrogen-bond donors (Lipinski definition) is 3. The SMILES string of the molecule is COc1ccc(CCN2C(=O)[C@@H]3[C@H](Cc4c[nH]c5ccccc45)N[C@@]4(C(=O)Nc5ccc(F)cc54)[C@H]3C2=O)cc1OC. The Kier molecular flexibility index (Phi) is 6.05. The fourth-order valence-corrected chi connectivity index (χ4v) is 7.04. The zero-order valence-corrected chi connectivity index (χ0v) is 23.1. The zero-order chi connectivity index (χ0) is 29.2. The second kappa shape index (κ2) is 9.70. The molecule has 2 saturated heterocycles. The molecule has 3 aliphatic rings. The van der Waals surface area contributed by atoms with E-state index in [-0.39, 0.29) is 12.5 Å². The highest BCUT2D eigenvalue weighted by Crippen LogP contribution is 2.53. The van der Waals surface area contributed by atoms with Crippen LogP contribution in [0.4, 0.5) is 10.1 Å². The summed E-state index contributed by atoms with van der Waals surface area (Å²) in [4.78, 5) is 46.5. The van der Waals surface area contributed by atoms with Crippen molar-refractivity contribution >= 4 is 34.3 Å². The van der Waals surface area contributed by atoms with Crippen LogP contribution in [0.3, 0.4) is 0 Å². The summed E-state index contributed by atoms with van der Waals surface area (Å²) in [5, 5.41) is 7.23. The van der Waals surface area contributed by atoms with Crippen LogP contribution in [-0.4, -0.2) is 54.4 Å². The number of aromatic amines is 1. The molecule has 3 aliphatic heterocycles. The van der Waals surface area contributed by atoms with Crippen LogP contribution in [0.25, 0.3) is 10.9 Å². The number of imide groups is 1. The van der Waals surface area contributed by atoms with Gasteiger partial charge in [-0.2, -0.15) is 0 Å².